The third-order valence-corrected chi connectivity index (χ3v) is 7.06. The van der Waals surface area contributed by atoms with Crippen molar-refractivity contribution in [3.8, 4) is 0 Å². The Hall–Kier alpha value is -3.30. The number of sulfonamides is 1. The average molecular weight is 485 g/mol. The van der Waals surface area contributed by atoms with Crippen LogP contribution in [0.4, 0.5) is 14.5 Å². The lowest BCUT2D eigenvalue weighted by atomic mass is 9.91. The Labute approximate surface area is 198 Å². The van der Waals surface area contributed by atoms with Crippen LogP contribution in [0.15, 0.2) is 70.0 Å². The van der Waals surface area contributed by atoms with Gasteiger partial charge in [-0.15, -0.1) is 4.40 Å². The summed E-state index contributed by atoms with van der Waals surface area (Å²) in [5, 5.41) is 5.98. The van der Waals surface area contributed by atoms with Crippen molar-refractivity contribution in [1.82, 2.24) is 10.2 Å². The Bertz CT molecular complexity index is 1360. The number of nitrogens with one attached hydrogen (secondary N) is 2. The van der Waals surface area contributed by atoms with Crippen LogP contribution in [0, 0.1) is 11.6 Å². The first-order chi connectivity index (χ1) is 16.2. The highest BCUT2D eigenvalue weighted by Crippen LogP contribution is 2.39. The number of guanidine groups is 1. The Kier molecular flexibility index (Phi) is 6.67. The van der Waals surface area contributed by atoms with Crippen molar-refractivity contribution in [1.29, 1.82) is 0 Å². The predicted molar refractivity (Wildman–Crippen MR) is 129 cm³/mol. The molecule has 0 fully saturated rings. The van der Waals surface area contributed by atoms with E-state index in [0.29, 0.717) is 13.1 Å². The highest BCUT2D eigenvalue weighted by molar-refractivity contribution is 7.90. The number of nitrogens with zero attached hydrogens (tertiary/aromatic N) is 2. The third-order valence-electron chi connectivity index (χ3n) is 5.74. The molecule has 0 saturated heterocycles. The molecule has 0 aromatic heterocycles. The number of halogens is 2. The first-order valence-corrected chi connectivity index (χ1v) is 12.3. The molecule has 178 valence electrons. The maximum atomic E-state index is 15.0. The molecule has 6 nitrogen and oxygen atoms in total. The molecular formula is C25H26F2N4O2S. The number of anilines is 1. The quantitative estimate of drug-likeness (QED) is 0.541. The van der Waals surface area contributed by atoms with Gasteiger partial charge in [0.25, 0.3) is 10.0 Å². The van der Waals surface area contributed by atoms with Gasteiger partial charge >= 0.3 is 0 Å². The van der Waals surface area contributed by atoms with Gasteiger partial charge < -0.3 is 15.5 Å². The van der Waals surface area contributed by atoms with Gasteiger partial charge in [-0.25, -0.2) is 8.78 Å². The van der Waals surface area contributed by atoms with E-state index in [1.165, 1.54) is 12.1 Å². The average Bonchev–Trinajstić information content (AvgIpc) is 2.77. The molecule has 0 spiro atoms. The summed E-state index contributed by atoms with van der Waals surface area (Å²) in [4.78, 5) is 1.89. The summed E-state index contributed by atoms with van der Waals surface area (Å²) in [6.07, 6.45) is 0. The minimum absolute atomic E-state index is 0.0141. The van der Waals surface area contributed by atoms with E-state index in [4.69, 9.17) is 0 Å². The van der Waals surface area contributed by atoms with E-state index in [1.54, 1.807) is 25.1 Å². The molecule has 1 heterocycles. The fraction of sp³-hybridized carbons (Fsp3) is 0.240. The fourth-order valence-electron chi connectivity index (χ4n) is 4.11. The second-order valence-electron chi connectivity index (χ2n) is 8.48. The van der Waals surface area contributed by atoms with Crippen molar-refractivity contribution >= 4 is 21.7 Å². The van der Waals surface area contributed by atoms with Gasteiger partial charge in [0.15, 0.2) is 0 Å². The van der Waals surface area contributed by atoms with Crippen molar-refractivity contribution in [3.05, 3.63) is 94.6 Å². The molecule has 1 atom stereocenters. The molecule has 0 amide bonds. The van der Waals surface area contributed by atoms with Crippen molar-refractivity contribution < 1.29 is 17.2 Å². The van der Waals surface area contributed by atoms with E-state index in [-0.39, 0.29) is 27.7 Å². The number of rotatable bonds is 6. The molecule has 0 bridgehead atoms. The SMILES string of the molecule is C[C@@H](c1ccccc1F)c1c(F)ccc2c1NC(NCc1ccccc1CN(C)C)=NS2(=O)=O. The van der Waals surface area contributed by atoms with E-state index in [2.05, 4.69) is 15.0 Å². The Morgan fingerprint density at radius 1 is 0.971 bits per heavy atom. The lowest BCUT2D eigenvalue weighted by Crippen LogP contribution is -2.35. The van der Waals surface area contributed by atoms with Crippen molar-refractivity contribution in [2.45, 2.75) is 30.8 Å². The normalized spacial score (nSPS) is 15.3. The minimum Gasteiger partial charge on any atom is -0.351 e. The maximum Gasteiger partial charge on any atom is 0.287 e. The predicted octanol–water partition coefficient (Wildman–Crippen LogP) is 4.44. The second-order valence-corrected chi connectivity index (χ2v) is 10.0. The van der Waals surface area contributed by atoms with E-state index < -0.39 is 27.6 Å². The Morgan fingerprint density at radius 2 is 1.65 bits per heavy atom. The van der Waals surface area contributed by atoms with Gasteiger partial charge in [0, 0.05) is 24.6 Å². The van der Waals surface area contributed by atoms with Gasteiger partial charge in [0.2, 0.25) is 5.96 Å². The van der Waals surface area contributed by atoms with Crippen molar-refractivity contribution in [3.63, 3.8) is 0 Å². The van der Waals surface area contributed by atoms with Gasteiger partial charge in [0.1, 0.15) is 16.5 Å². The zero-order valence-electron chi connectivity index (χ0n) is 19.1. The molecule has 3 aromatic carbocycles. The van der Waals surface area contributed by atoms with Crippen LogP contribution >= 0.6 is 0 Å². The van der Waals surface area contributed by atoms with E-state index >= 15 is 4.39 Å². The topological polar surface area (TPSA) is 73.8 Å². The first-order valence-electron chi connectivity index (χ1n) is 10.8. The molecule has 0 radical (unpaired) electrons. The van der Waals surface area contributed by atoms with Gasteiger partial charge in [0.05, 0.1) is 5.69 Å². The number of benzene rings is 3. The maximum absolute atomic E-state index is 15.0. The van der Waals surface area contributed by atoms with Crippen LogP contribution in [0.3, 0.4) is 0 Å². The van der Waals surface area contributed by atoms with Crippen LogP contribution in [-0.2, 0) is 23.1 Å². The number of hydrogen-bond acceptors (Lipinski definition) is 5. The summed E-state index contributed by atoms with van der Waals surface area (Å²) in [5.41, 5.74) is 2.45. The number of fused-ring (bicyclic) bond motifs is 1. The third kappa shape index (κ3) is 4.80. The van der Waals surface area contributed by atoms with E-state index in [0.717, 1.165) is 17.2 Å². The standard InChI is InChI=1S/C25H26F2N4O2S/c1-16(19-10-6-7-11-20(19)26)23-21(27)12-13-22-24(23)29-25(30-34(22,32)33)28-14-17-8-4-5-9-18(17)15-31(2)3/h4-13,16H,14-15H2,1-3H3,(H2,28,29,30)/t16-/m0/s1. The lowest BCUT2D eigenvalue weighted by molar-refractivity contribution is 0.400. The van der Waals surface area contributed by atoms with Crippen molar-refractivity contribution in [2.24, 2.45) is 4.40 Å². The number of hydrogen-bond donors (Lipinski definition) is 2. The van der Waals surface area contributed by atoms with Crippen LogP contribution < -0.4 is 10.6 Å². The van der Waals surface area contributed by atoms with Crippen LogP contribution in [0.25, 0.3) is 0 Å². The van der Waals surface area contributed by atoms with E-state index in [1.807, 2.05) is 43.3 Å². The molecule has 4 rings (SSSR count). The molecule has 0 saturated carbocycles. The summed E-state index contributed by atoms with van der Waals surface area (Å²) in [6, 6.07) is 16.1. The van der Waals surface area contributed by atoms with Gasteiger partial charge in [-0.2, -0.15) is 8.42 Å². The Balaban J connectivity index is 1.68. The second kappa shape index (κ2) is 9.52. The van der Waals surface area contributed by atoms with Crippen LogP contribution in [-0.4, -0.2) is 33.4 Å². The zero-order valence-corrected chi connectivity index (χ0v) is 20.0. The lowest BCUT2D eigenvalue weighted by Gasteiger charge is -2.25. The van der Waals surface area contributed by atoms with Gasteiger partial charge in [-0.3, -0.25) is 0 Å². The van der Waals surface area contributed by atoms with Gasteiger partial charge in [-0.05, 0) is 49.0 Å². The molecule has 9 heteroatoms. The van der Waals surface area contributed by atoms with Crippen LogP contribution in [0.2, 0.25) is 0 Å². The summed E-state index contributed by atoms with van der Waals surface area (Å²) >= 11 is 0. The molecule has 34 heavy (non-hydrogen) atoms. The van der Waals surface area contributed by atoms with Crippen molar-refractivity contribution in [2.75, 3.05) is 19.4 Å². The first kappa shape index (κ1) is 23.8. The molecular weight excluding hydrogens is 458 g/mol. The van der Waals surface area contributed by atoms with Crippen LogP contribution in [0.1, 0.15) is 35.1 Å². The molecule has 2 N–H and O–H groups in total. The van der Waals surface area contributed by atoms with E-state index in [9.17, 15) is 12.8 Å². The summed E-state index contributed by atoms with van der Waals surface area (Å²) in [5.74, 6) is -1.87. The smallest absolute Gasteiger partial charge is 0.287 e. The summed E-state index contributed by atoms with van der Waals surface area (Å²) < 4.78 is 59.2. The zero-order chi connectivity index (χ0) is 24.5. The highest BCUT2D eigenvalue weighted by Gasteiger charge is 2.31. The molecule has 3 aromatic rings. The largest absolute Gasteiger partial charge is 0.351 e. The van der Waals surface area contributed by atoms with Gasteiger partial charge in [-0.1, -0.05) is 49.4 Å². The minimum atomic E-state index is -4.10. The fourth-order valence-corrected chi connectivity index (χ4v) is 5.22. The summed E-state index contributed by atoms with van der Waals surface area (Å²) in [7, 11) is -0.164. The highest BCUT2D eigenvalue weighted by atomic mass is 32.2. The Morgan fingerprint density at radius 3 is 2.35 bits per heavy atom. The molecule has 0 unspecified atom stereocenters. The molecule has 1 aliphatic rings. The monoisotopic (exact) mass is 484 g/mol. The summed E-state index contributed by atoms with van der Waals surface area (Å²) in [6.45, 7) is 2.67. The molecule has 0 aliphatic carbocycles. The molecule has 1 aliphatic heterocycles. The van der Waals surface area contributed by atoms with Crippen LogP contribution in [0.5, 0.6) is 0 Å².